The summed E-state index contributed by atoms with van der Waals surface area (Å²) in [4.78, 5) is 56.5. The molecule has 3 aliphatic rings. The van der Waals surface area contributed by atoms with Gasteiger partial charge in [-0.1, -0.05) is 71.8 Å². The topological polar surface area (TPSA) is 110 Å². The average Bonchev–Trinajstić information content (AvgIpc) is 3.49. The molecule has 1 fully saturated rings. The summed E-state index contributed by atoms with van der Waals surface area (Å²) >= 11 is 12.7. The summed E-state index contributed by atoms with van der Waals surface area (Å²) < 4.78 is 0. The monoisotopic (exact) mass is 609 g/mol. The quantitative estimate of drug-likeness (QED) is 0.152. The lowest BCUT2D eigenvalue weighted by Gasteiger charge is -2.37. The van der Waals surface area contributed by atoms with E-state index in [4.69, 9.17) is 23.2 Å². The van der Waals surface area contributed by atoms with Gasteiger partial charge in [0.1, 0.15) is 11.5 Å². The van der Waals surface area contributed by atoms with Crippen LogP contribution in [0.3, 0.4) is 0 Å². The van der Waals surface area contributed by atoms with E-state index in [-0.39, 0.29) is 21.8 Å². The van der Waals surface area contributed by atoms with Crippen molar-refractivity contribution in [2.24, 2.45) is 5.92 Å². The smallest absolute Gasteiger partial charge is 0.269 e. The number of halogens is 2. The first-order chi connectivity index (χ1) is 20.7. The number of ketones is 2. The van der Waals surface area contributed by atoms with E-state index in [9.17, 15) is 24.5 Å². The molecule has 10 heteroatoms. The number of fused-ring (bicyclic) bond motifs is 6. The lowest BCUT2D eigenvalue weighted by Crippen LogP contribution is -2.51. The molecule has 4 aromatic carbocycles. The highest BCUT2D eigenvalue weighted by Gasteiger charge is 2.70. The third kappa shape index (κ3) is 3.87. The zero-order valence-electron chi connectivity index (χ0n) is 22.2. The molecule has 0 aromatic heterocycles. The molecule has 1 amide bonds. The zero-order chi connectivity index (χ0) is 30.0. The van der Waals surface area contributed by atoms with E-state index in [1.807, 2.05) is 47.4 Å². The van der Waals surface area contributed by atoms with E-state index in [0.717, 1.165) is 5.56 Å². The fourth-order valence-electron chi connectivity index (χ4n) is 6.89. The van der Waals surface area contributed by atoms with E-state index in [1.165, 1.54) is 36.4 Å². The molecule has 3 heterocycles. The molecule has 0 aliphatic carbocycles. The second-order valence-electron chi connectivity index (χ2n) is 10.7. The SMILES string of the molecule is O=C(c1ccc([N+](=O)[O-])cc1)[C@@H]1[C@H](C(=O)c2ccc(Cl)cc2Cl)[C@@]2(C(=O)Nc3ccccc32)[C@@H]2C=Cc3ccccc3N12. The molecule has 212 valence electrons. The van der Waals surface area contributed by atoms with Crippen LogP contribution in [0.5, 0.6) is 0 Å². The van der Waals surface area contributed by atoms with Crippen molar-refractivity contribution in [1.29, 1.82) is 0 Å². The van der Waals surface area contributed by atoms with Gasteiger partial charge in [-0.15, -0.1) is 0 Å². The number of carbonyl (C=O) groups is 3. The lowest BCUT2D eigenvalue weighted by atomic mass is 9.64. The largest absolute Gasteiger partial charge is 0.352 e. The Kier molecular flexibility index (Phi) is 6.23. The van der Waals surface area contributed by atoms with E-state index in [2.05, 4.69) is 5.32 Å². The van der Waals surface area contributed by atoms with Crippen LogP contribution < -0.4 is 10.2 Å². The summed E-state index contributed by atoms with van der Waals surface area (Å²) in [5.41, 5.74) is 1.28. The predicted molar refractivity (Wildman–Crippen MR) is 164 cm³/mol. The van der Waals surface area contributed by atoms with Crippen LogP contribution in [0.1, 0.15) is 31.8 Å². The number of amides is 1. The van der Waals surface area contributed by atoms with Gasteiger partial charge in [-0.3, -0.25) is 24.5 Å². The molecule has 8 nitrogen and oxygen atoms in total. The van der Waals surface area contributed by atoms with Crippen molar-refractivity contribution in [2.45, 2.75) is 17.5 Å². The van der Waals surface area contributed by atoms with E-state index in [1.54, 1.807) is 24.3 Å². The maximum atomic E-state index is 14.8. The van der Waals surface area contributed by atoms with Gasteiger partial charge < -0.3 is 10.2 Å². The van der Waals surface area contributed by atoms with Crippen molar-refractivity contribution in [2.75, 3.05) is 10.2 Å². The van der Waals surface area contributed by atoms with E-state index < -0.39 is 45.8 Å². The summed E-state index contributed by atoms with van der Waals surface area (Å²) in [5.74, 6) is -2.59. The van der Waals surface area contributed by atoms with Crippen molar-refractivity contribution in [3.05, 3.63) is 139 Å². The number of non-ortho nitro benzene ring substituents is 1. The molecule has 0 radical (unpaired) electrons. The van der Waals surface area contributed by atoms with E-state index >= 15 is 0 Å². The first-order valence-electron chi connectivity index (χ1n) is 13.5. The Morgan fingerprint density at radius 3 is 2.37 bits per heavy atom. The van der Waals surface area contributed by atoms with Gasteiger partial charge in [0.05, 0.1) is 21.9 Å². The highest BCUT2D eigenvalue weighted by molar-refractivity contribution is 6.37. The number of nitro benzene ring substituents is 1. The van der Waals surface area contributed by atoms with Crippen LogP contribution in [0.25, 0.3) is 6.08 Å². The zero-order valence-corrected chi connectivity index (χ0v) is 23.8. The molecule has 1 spiro atoms. The van der Waals surface area contributed by atoms with Gasteiger partial charge in [0.25, 0.3) is 5.69 Å². The van der Waals surface area contributed by atoms with Crippen LogP contribution in [0.2, 0.25) is 10.0 Å². The normalized spacial score (nSPS) is 23.0. The summed E-state index contributed by atoms with van der Waals surface area (Å²) in [7, 11) is 0. The van der Waals surface area contributed by atoms with Crippen molar-refractivity contribution in [3.8, 4) is 0 Å². The van der Waals surface area contributed by atoms with Gasteiger partial charge in [-0.25, -0.2) is 0 Å². The summed E-state index contributed by atoms with van der Waals surface area (Å²) in [6.07, 6.45) is 3.78. The Hall–Kier alpha value is -4.79. The minimum Gasteiger partial charge on any atom is -0.352 e. The molecule has 4 aromatic rings. The number of carbonyl (C=O) groups excluding carboxylic acids is 3. The number of nitrogens with one attached hydrogen (secondary N) is 1. The first kappa shape index (κ1) is 27.1. The molecule has 3 aliphatic heterocycles. The summed E-state index contributed by atoms with van der Waals surface area (Å²) in [6, 6.07) is 22.5. The number of Topliss-reactive ketones (excluding diaryl/α,β-unsaturated/α-hetero) is 2. The molecule has 1 N–H and O–H groups in total. The van der Waals surface area contributed by atoms with E-state index in [0.29, 0.717) is 22.0 Å². The Labute approximate surface area is 255 Å². The van der Waals surface area contributed by atoms with Crippen molar-refractivity contribution >= 4 is 63.8 Å². The average molecular weight is 610 g/mol. The number of anilines is 2. The molecule has 7 rings (SSSR count). The number of para-hydroxylation sites is 2. The predicted octanol–water partition coefficient (Wildman–Crippen LogP) is 6.76. The summed E-state index contributed by atoms with van der Waals surface area (Å²) in [5, 5.41) is 14.7. The first-order valence-corrected chi connectivity index (χ1v) is 14.2. The maximum Gasteiger partial charge on any atom is 0.269 e. The number of nitrogens with zero attached hydrogens (tertiary/aromatic N) is 2. The number of hydrogen-bond acceptors (Lipinski definition) is 6. The van der Waals surface area contributed by atoms with Gasteiger partial charge in [0, 0.05) is 39.7 Å². The molecule has 4 atom stereocenters. The fourth-order valence-corrected chi connectivity index (χ4v) is 7.40. The van der Waals surface area contributed by atoms with Crippen molar-refractivity contribution < 1.29 is 19.3 Å². The molecule has 0 saturated carbocycles. The number of hydrogen-bond donors (Lipinski definition) is 1. The second-order valence-corrected chi connectivity index (χ2v) is 11.6. The fraction of sp³-hybridized carbons (Fsp3) is 0.121. The molecule has 0 bridgehead atoms. The Balaban J connectivity index is 1.52. The minimum absolute atomic E-state index is 0.0988. The Morgan fingerprint density at radius 2 is 1.63 bits per heavy atom. The molecule has 0 unspecified atom stereocenters. The van der Waals surface area contributed by atoms with Gasteiger partial charge >= 0.3 is 0 Å². The van der Waals surface area contributed by atoms with Gasteiger partial charge in [-0.05, 0) is 53.6 Å². The van der Waals surface area contributed by atoms with Crippen LogP contribution >= 0.6 is 23.2 Å². The number of benzene rings is 4. The molecule has 43 heavy (non-hydrogen) atoms. The van der Waals surface area contributed by atoms with Crippen LogP contribution in [0, 0.1) is 16.0 Å². The van der Waals surface area contributed by atoms with Crippen LogP contribution in [-0.4, -0.2) is 34.5 Å². The maximum absolute atomic E-state index is 14.8. The van der Waals surface area contributed by atoms with Crippen molar-refractivity contribution in [1.82, 2.24) is 0 Å². The summed E-state index contributed by atoms with van der Waals surface area (Å²) in [6.45, 7) is 0. The number of rotatable bonds is 5. The van der Waals surface area contributed by atoms with Crippen LogP contribution in [-0.2, 0) is 10.2 Å². The van der Waals surface area contributed by atoms with Crippen LogP contribution in [0.15, 0.2) is 97.1 Å². The minimum atomic E-state index is -1.51. The molecular formula is C33H21Cl2N3O5. The van der Waals surface area contributed by atoms with Crippen molar-refractivity contribution in [3.63, 3.8) is 0 Å². The lowest BCUT2D eigenvalue weighted by molar-refractivity contribution is -0.384. The Morgan fingerprint density at radius 1 is 0.907 bits per heavy atom. The highest BCUT2D eigenvalue weighted by Crippen LogP contribution is 2.58. The molecule has 1 saturated heterocycles. The molecular weight excluding hydrogens is 589 g/mol. The van der Waals surface area contributed by atoms with Gasteiger partial charge in [0.15, 0.2) is 11.6 Å². The third-order valence-corrected chi connectivity index (χ3v) is 9.20. The third-order valence-electron chi connectivity index (χ3n) is 8.65. The van der Waals surface area contributed by atoms with Crippen LogP contribution in [0.4, 0.5) is 17.1 Å². The number of nitro groups is 1. The standard InChI is InChI=1S/C33H21Cl2N3O5/c34-20-12-15-22(24(35)17-20)31(40)28-29(30(39)19-9-13-21(14-10-19)38(42)43)37-26-8-4-1-5-18(26)11-16-27(37)33(28)23-6-2-3-7-25(23)36-32(33)41/h1-17,27-29H,(H,36,41)/t27-,28+,29-,33-/m0/s1. The highest BCUT2D eigenvalue weighted by atomic mass is 35.5. The van der Waals surface area contributed by atoms with Gasteiger partial charge in [-0.2, -0.15) is 0 Å². The van der Waals surface area contributed by atoms with Gasteiger partial charge in [0.2, 0.25) is 5.91 Å². The second kappa shape index (κ2) is 9.90. The Bertz CT molecular complexity index is 1910.